The molecule has 0 saturated heterocycles. The third-order valence-corrected chi connectivity index (χ3v) is 15.9. The van der Waals surface area contributed by atoms with Crippen LogP contribution in [-0.2, 0) is 34.0 Å². The molecule has 0 amide bonds. The molecule has 12 rings (SSSR count). The number of aliphatic imine (C=N–C) groups is 2. The molecular weight excluding hydrogens is 1110 g/mol. The van der Waals surface area contributed by atoms with E-state index < -0.39 is 98.0 Å². The van der Waals surface area contributed by atoms with Gasteiger partial charge in [0.15, 0.2) is 23.3 Å². The van der Waals surface area contributed by atoms with Crippen LogP contribution in [0.2, 0.25) is 0 Å². The van der Waals surface area contributed by atoms with Crippen molar-refractivity contribution in [2.45, 2.75) is 19.8 Å². The third-order valence-electron chi connectivity index (χ3n) is 13.5. The Hall–Kier alpha value is -11.4. The number of benzene rings is 5. The quantitative estimate of drug-likeness (QED) is 0.0783. The van der Waals surface area contributed by atoms with Gasteiger partial charge in [0.05, 0.1) is 40.9 Å². The molecule has 2 aliphatic rings. The van der Waals surface area contributed by atoms with Crippen molar-refractivity contribution in [1.82, 2.24) is 13.7 Å². The lowest BCUT2D eigenvalue weighted by atomic mass is 10.0. The van der Waals surface area contributed by atoms with Gasteiger partial charge in [0.25, 0.3) is 0 Å². The first-order valence-electron chi connectivity index (χ1n) is 24.4. The number of ketones is 2. The SMILES string of the molecule is N#CC(C#N)=C1/C(=N/c2cc3sc4c5sc6cc(/N=C7/C(=O)c8cc(F)c(F)cc8C7=C(C#N)C#N)n(C(=O)OCc7ccccc7)c6c5n(C(=O)OCc5ccccc5)c4c3n2C(=O)OCc2ccccc2)C(=O)c2cc(F)c(F)cc21. The molecule has 0 fully saturated rings. The number of nitriles is 4. The summed E-state index contributed by atoms with van der Waals surface area (Å²) in [6.45, 7) is -0.984. The lowest BCUT2D eigenvalue weighted by molar-refractivity contribution is 0.106. The molecule has 5 aromatic carbocycles. The normalized spacial score (nSPS) is 13.6. The van der Waals surface area contributed by atoms with E-state index in [-0.39, 0.29) is 74.0 Å². The molecule has 2 aliphatic carbocycles. The molecule has 0 bridgehead atoms. The van der Waals surface area contributed by atoms with Crippen molar-refractivity contribution in [3.8, 4) is 24.3 Å². The fraction of sp³-hybridized carbons (Fsp3) is 0.0500. The Labute approximate surface area is 470 Å². The highest BCUT2D eigenvalue weighted by molar-refractivity contribution is 7.33. The number of fused-ring (bicyclic) bond motifs is 9. The number of nitrogens with zero attached hydrogens (tertiary/aromatic N) is 9. The predicted octanol–water partition coefficient (Wildman–Crippen LogP) is 13.5. The van der Waals surface area contributed by atoms with E-state index in [1.165, 1.54) is 12.1 Å². The van der Waals surface area contributed by atoms with Gasteiger partial charge in [-0.15, -0.1) is 22.7 Å². The second-order valence-corrected chi connectivity index (χ2v) is 20.4. The van der Waals surface area contributed by atoms with Crippen LogP contribution in [0.5, 0.6) is 0 Å². The Morgan fingerprint density at radius 1 is 0.446 bits per heavy atom. The van der Waals surface area contributed by atoms with Gasteiger partial charge in [-0.2, -0.15) is 21.0 Å². The number of allylic oxidation sites excluding steroid dienone is 4. The summed E-state index contributed by atoms with van der Waals surface area (Å²) in [5, 5.41) is 40.4. The largest absolute Gasteiger partial charge is 0.444 e. The maximum atomic E-state index is 15.3. The van der Waals surface area contributed by atoms with Crippen molar-refractivity contribution in [2.24, 2.45) is 9.98 Å². The summed E-state index contributed by atoms with van der Waals surface area (Å²) in [5.74, 6) is -8.43. The number of rotatable bonds is 8. The Morgan fingerprint density at radius 2 is 0.759 bits per heavy atom. The molecule has 0 atom stereocenters. The van der Waals surface area contributed by atoms with Crippen LogP contribution < -0.4 is 0 Å². The van der Waals surface area contributed by atoms with Crippen LogP contribution in [0.4, 0.5) is 43.6 Å². The molecular formula is C60H27F4N9O8S2. The van der Waals surface area contributed by atoms with E-state index in [0.717, 1.165) is 36.4 Å². The van der Waals surface area contributed by atoms with E-state index in [2.05, 4.69) is 9.98 Å². The van der Waals surface area contributed by atoms with Crippen LogP contribution in [0.25, 0.3) is 52.0 Å². The molecule has 17 nitrogen and oxygen atoms in total. The van der Waals surface area contributed by atoms with Crippen LogP contribution in [0.15, 0.2) is 149 Å². The average Bonchev–Trinajstić information content (AvgIpc) is 1.78. The van der Waals surface area contributed by atoms with Gasteiger partial charge in [0.1, 0.15) is 78.3 Å². The first kappa shape index (κ1) is 52.3. The molecule has 10 aromatic rings. The summed E-state index contributed by atoms with van der Waals surface area (Å²) in [5.41, 5.74) is -3.75. The summed E-state index contributed by atoms with van der Waals surface area (Å²) in [4.78, 5) is 82.7. The second-order valence-electron chi connectivity index (χ2n) is 18.3. The number of carbonyl (C=O) groups excluding carboxylic acids is 5. The maximum Gasteiger partial charge on any atom is 0.420 e. The van der Waals surface area contributed by atoms with Crippen molar-refractivity contribution < 1.29 is 55.7 Å². The van der Waals surface area contributed by atoms with Crippen LogP contribution in [-0.4, -0.2) is 55.0 Å². The Morgan fingerprint density at radius 3 is 1.08 bits per heavy atom. The molecule has 83 heavy (non-hydrogen) atoms. The standard InChI is InChI=1S/C60H27F4N9O8S2/c61-38-16-34-36(18-40(38)63)54(74)48(46(34)32(22-65)23-66)69-44-20-42-50(71(44)58(76)79-26-29-10-4-1-5-11-29)52-56(82-42)57-53(73(52)60(78)81-28-31-14-8-3-9-15-31)51-43(83-57)21-45(72(51)59(77)80-27-30-12-6-2-7-13-30)70-49-47(33(24-67)25-68)35-17-39(62)41(64)19-37(35)55(49)75/h1-21H,26-28H2/b69-48-,70-49+. The highest BCUT2D eigenvalue weighted by Crippen LogP contribution is 2.51. The highest BCUT2D eigenvalue weighted by atomic mass is 32.1. The number of Topliss-reactive ketones (excluding diaryl/α,β-unsaturated/α-hetero) is 2. The highest BCUT2D eigenvalue weighted by Gasteiger charge is 2.40. The molecule has 0 spiro atoms. The van der Waals surface area contributed by atoms with E-state index in [4.69, 9.17) is 14.2 Å². The summed E-state index contributed by atoms with van der Waals surface area (Å²) in [7, 11) is 0. The molecule has 5 heterocycles. The first-order chi connectivity index (χ1) is 40.2. The molecule has 5 aromatic heterocycles. The van der Waals surface area contributed by atoms with Crippen molar-refractivity contribution in [3.63, 3.8) is 0 Å². The number of ether oxygens (including phenoxy) is 3. The lowest BCUT2D eigenvalue weighted by Gasteiger charge is -2.12. The smallest absolute Gasteiger partial charge is 0.420 e. The van der Waals surface area contributed by atoms with Crippen LogP contribution in [0, 0.1) is 68.6 Å². The van der Waals surface area contributed by atoms with Crippen LogP contribution in [0.3, 0.4) is 0 Å². The monoisotopic (exact) mass is 1140 g/mol. The average molecular weight is 1140 g/mol. The van der Waals surface area contributed by atoms with Crippen LogP contribution >= 0.6 is 22.7 Å². The number of thiophene rings is 2. The first-order valence-corrected chi connectivity index (χ1v) is 26.0. The summed E-state index contributed by atoms with van der Waals surface area (Å²) < 4.78 is 81.1. The Balaban J connectivity index is 1.15. The number of carbonyl (C=O) groups is 5. The minimum Gasteiger partial charge on any atom is -0.444 e. The molecule has 400 valence electrons. The maximum absolute atomic E-state index is 15.3. The second kappa shape index (κ2) is 20.7. The molecule has 0 unspecified atom stereocenters. The van der Waals surface area contributed by atoms with Crippen molar-refractivity contribution in [3.05, 3.63) is 201 Å². The van der Waals surface area contributed by atoms with E-state index in [0.29, 0.717) is 50.4 Å². The van der Waals surface area contributed by atoms with Gasteiger partial charge < -0.3 is 14.2 Å². The van der Waals surface area contributed by atoms with Gasteiger partial charge in [0.2, 0.25) is 11.6 Å². The fourth-order valence-corrected chi connectivity index (χ4v) is 12.4. The molecule has 0 aliphatic heterocycles. The molecule has 0 radical (unpaired) electrons. The van der Waals surface area contributed by atoms with Gasteiger partial charge in [0, 0.05) is 45.5 Å². The van der Waals surface area contributed by atoms with E-state index >= 15 is 4.79 Å². The molecule has 0 saturated carbocycles. The zero-order valence-corrected chi connectivity index (χ0v) is 43.5. The fourth-order valence-electron chi connectivity index (χ4n) is 9.83. The van der Waals surface area contributed by atoms with E-state index in [9.17, 15) is 57.8 Å². The number of halogens is 4. The van der Waals surface area contributed by atoms with E-state index in [1.807, 2.05) is 0 Å². The number of hydrogen-bond acceptors (Lipinski definition) is 16. The predicted molar refractivity (Wildman–Crippen MR) is 294 cm³/mol. The van der Waals surface area contributed by atoms with Crippen molar-refractivity contribution in [1.29, 1.82) is 21.0 Å². The lowest BCUT2D eigenvalue weighted by Crippen LogP contribution is -2.18. The topological polar surface area (TPSA) is 248 Å². The minimum absolute atomic E-state index is 0.0494. The van der Waals surface area contributed by atoms with Gasteiger partial charge in [-0.05, 0) is 41.0 Å². The van der Waals surface area contributed by atoms with Gasteiger partial charge in [-0.25, -0.2) is 55.6 Å². The third kappa shape index (κ3) is 8.69. The minimum atomic E-state index is -1.41. The van der Waals surface area contributed by atoms with Gasteiger partial charge in [-0.1, -0.05) is 91.0 Å². The van der Waals surface area contributed by atoms with Crippen molar-refractivity contribution >= 4 is 128 Å². The number of aromatic nitrogens is 3. The Bertz CT molecular complexity index is 4580. The molecule has 23 heteroatoms. The summed E-state index contributed by atoms with van der Waals surface area (Å²) in [6.07, 6.45) is -3.37. The van der Waals surface area contributed by atoms with Crippen molar-refractivity contribution in [2.75, 3.05) is 0 Å². The summed E-state index contributed by atoms with van der Waals surface area (Å²) in [6, 6.07) is 37.4. The van der Waals surface area contributed by atoms with Crippen LogP contribution in [0.1, 0.15) is 48.5 Å². The van der Waals surface area contributed by atoms with E-state index in [1.54, 1.807) is 115 Å². The van der Waals surface area contributed by atoms with Gasteiger partial charge in [-0.3, -0.25) is 9.59 Å². The Kier molecular flexibility index (Phi) is 13.1. The number of hydrogen-bond donors (Lipinski definition) is 0. The summed E-state index contributed by atoms with van der Waals surface area (Å²) >= 11 is 2.02. The van der Waals surface area contributed by atoms with Gasteiger partial charge >= 0.3 is 18.3 Å². The zero-order chi connectivity index (χ0) is 58.0. The zero-order valence-electron chi connectivity index (χ0n) is 41.9. The molecule has 0 N–H and O–H groups in total.